The van der Waals surface area contributed by atoms with Crippen LogP contribution in [0.5, 0.6) is 0 Å². The van der Waals surface area contributed by atoms with Crippen molar-refractivity contribution >= 4 is 33.3 Å². The lowest BCUT2D eigenvalue weighted by molar-refractivity contribution is -0.115. The van der Waals surface area contributed by atoms with Crippen molar-refractivity contribution < 1.29 is 9.32 Å². The Morgan fingerprint density at radius 1 is 1.08 bits per heavy atom. The summed E-state index contributed by atoms with van der Waals surface area (Å²) in [6.07, 6.45) is 0.150. The lowest BCUT2D eigenvalue weighted by atomic mass is 10.2. The van der Waals surface area contributed by atoms with Crippen molar-refractivity contribution in [2.75, 3.05) is 5.32 Å². The number of anilines is 1. The molecule has 0 spiro atoms. The van der Waals surface area contributed by atoms with Crippen LogP contribution in [0, 0.1) is 0 Å². The van der Waals surface area contributed by atoms with E-state index in [9.17, 15) is 4.79 Å². The Morgan fingerprint density at radius 3 is 2.75 bits per heavy atom. The molecule has 6 heteroatoms. The number of hydrogen-bond donors (Lipinski definition) is 1. The third-order valence-corrected chi connectivity index (χ3v) is 4.36. The van der Waals surface area contributed by atoms with Crippen LogP contribution in [-0.4, -0.2) is 16.0 Å². The number of carbonyl (C=O) groups excluding carboxylic acids is 1. The van der Waals surface area contributed by atoms with E-state index in [2.05, 4.69) is 15.5 Å². The Balaban J connectivity index is 1.48. The summed E-state index contributed by atoms with van der Waals surface area (Å²) in [4.78, 5) is 16.7. The van der Waals surface area contributed by atoms with Crippen LogP contribution in [-0.2, 0) is 11.2 Å². The fourth-order valence-electron chi connectivity index (χ4n) is 2.45. The molecular formula is C18H13N3O2S. The molecule has 0 aliphatic carbocycles. The molecule has 1 amide bonds. The average Bonchev–Trinajstić information content (AvgIpc) is 3.23. The lowest BCUT2D eigenvalue weighted by Gasteiger charge is -1.99. The molecule has 0 aliphatic rings. The minimum Gasteiger partial charge on any atom is -0.356 e. The molecule has 118 valence electrons. The first-order valence-electron chi connectivity index (χ1n) is 7.44. The van der Waals surface area contributed by atoms with Crippen LogP contribution >= 0.6 is 11.3 Å². The molecule has 5 nitrogen and oxygen atoms in total. The van der Waals surface area contributed by atoms with Gasteiger partial charge in [-0.25, -0.2) is 4.98 Å². The summed E-state index contributed by atoms with van der Waals surface area (Å²) in [6, 6.07) is 17.4. The molecule has 0 bridgehead atoms. The van der Waals surface area contributed by atoms with Gasteiger partial charge in [-0.1, -0.05) is 47.6 Å². The molecule has 4 aromatic rings. The highest BCUT2D eigenvalue weighted by atomic mass is 32.1. The third kappa shape index (κ3) is 2.91. The maximum Gasteiger partial charge on any atom is 0.232 e. The fraction of sp³-hybridized carbons (Fsp3) is 0.0556. The van der Waals surface area contributed by atoms with Crippen LogP contribution in [0.25, 0.3) is 22.2 Å². The molecule has 4 rings (SSSR count). The Bertz CT molecular complexity index is 992. The highest BCUT2D eigenvalue weighted by Gasteiger charge is 2.13. The van der Waals surface area contributed by atoms with Crippen LogP contribution in [0.4, 0.5) is 5.13 Å². The van der Waals surface area contributed by atoms with Crippen molar-refractivity contribution in [2.45, 2.75) is 6.42 Å². The fourth-order valence-corrected chi connectivity index (χ4v) is 3.19. The minimum atomic E-state index is -0.164. The Labute approximate surface area is 141 Å². The molecule has 2 aromatic heterocycles. The molecule has 0 aliphatic heterocycles. The van der Waals surface area contributed by atoms with Crippen molar-refractivity contribution in [3.05, 3.63) is 65.7 Å². The van der Waals surface area contributed by atoms with Gasteiger partial charge in [0.05, 0.1) is 12.1 Å². The van der Waals surface area contributed by atoms with E-state index < -0.39 is 0 Å². The number of hydrogen-bond acceptors (Lipinski definition) is 5. The van der Waals surface area contributed by atoms with Crippen molar-refractivity contribution in [1.29, 1.82) is 0 Å². The van der Waals surface area contributed by atoms with Crippen LogP contribution < -0.4 is 5.32 Å². The van der Waals surface area contributed by atoms with E-state index in [1.54, 1.807) is 0 Å². The first-order chi connectivity index (χ1) is 11.8. The number of fused-ring (bicyclic) bond motifs is 1. The van der Waals surface area contributed by atoms with E-state index >= 15 is 0 Å². The number of benzene rings is 2. The Morgan fingerprint density at radius 2 is 1.88 bits per heavy atom. The topological polar surface area (TPSA) is 68.0 Å². The predicted octanol–water partition coefficient (Wildman–Crippen LogP) is 4.13. The molecule has 2 heterocycles. The smallest absolute Gasteiger partial charge is 0.232 e. The maximum absolute atomic E-state index is 12.2. The molecule has 0 fully saturated rings. The van der Waals surface area contributed by atoms with Crippen LogP contribution in [0.15, 0.2) is 64.5 Å². The average molecular weight is 335 g/mol. The summed E-state index contributed by atoms with van der Waals surface area (Å²) < 4.78 is 5.22. The SMILES string of the molecule is O=C(Cc1noc2ccccc12)Nc1nc(-c2ccccc2)cs1. The minimum absolute atomic E-state index is 0.150. The first-order valence-corrected chi connectivity index (χ1v) is 8.31. The van der Waals surface area contributed by atoms with E-state index in [1.165, 1.54) is 11.3 Å². The van der Waals surface area contributed by atoms with E-state index in [-0.39, 0.29) is 12.3 Å². The molecule has 0 radical (unpaired) electrons. The van der Waals surface area contributed by atoms with Crippen molar-refractivity contribution in [3.8, 4) is 11.3 Å². The maximum atomic E-state index is 12.2. The van der Waals surface area contributed by atoms with Gasteiger partial charge in [-0.15, -0.1) is 11.3 Å². The number of carbonyl (C=O) groups is 1. The van der Waals surface area contributed by atoms with Gasteiger partial charge in [-0.2, -0.15) is 0 Å². The summed E-state index contributed by atoms with van der Waals surface area (Å²) in [5.74, 6) is -0.164. The Hall–Kier alpha value is -2.99. The van der Waals surface area contributed by atoms with E-state index in [4.69, 9.17) is 4.52 Å². The van der Waals surface area contributed by atoms with Gasteiger partial charge in [-0.05, 0) is 12.1 Å². The highest BCUT2D eigenvalue weighted by molar-refractivity contribution is 7.14. The zero-order valence-corrected chi connectivity index (χ0v) is 13.4. The monoisotopic (exact) mass is 335 g/mol. The van der Waals surface area contributed by atoms with Crippen molar-refractivity contribution in [2.24, 2.45) is 0 Å². The number of amides is 1. The number of nitrogens with zero attached hydrogens (tertiary/aromatic N) is 2. The molecule has 24 heavy (non-hydrogen) atoms. The van der Waals surface area contributed by atoms with Gasteiger partial charge in [-0.3, -0.25) is 4.79 Å². The van der Waals surface area contributed by atoms with Crippen LogP contribution in [0.1, 0.15) is 5.69 Å². The van der Waals surface area contributed by atoms with Crippen molar-refractivity contribution in [1.82, 2.24) is 10.1 Å². The zero-order chi connectivity index (χ0) is 16.4. The van der Waals surface area contributed by atoms with Crippen LogP contribution in [0.2, 0.25) is 0 Å². The zero-order valence-electron chi connectivity index (χ0n) is 12.6. The first kappa shape index (κ1) is 14.6. The number of nitrogens with one attached hydrogen (secondary N) is 1. The summed E-state index contributed by atoms with van der Waals surface area (Å²) in [5.41, 5.74) is 3.18. The molecular weight excluding hydrogens is 322 g/mol. The van der Waals surface area contributed by atoms with Crippen LogP contribution in [0.3, 0.4) is 0 Å². The molecule has 0 saturated carbocycles. The van der Waals surface area contributed by atoms with Gasteiger partial charge >= 0.3 is 0 Å². The second-order valence-corrected chi connectivity index (χ2v) is 6.11. The van der Waals surface area contributed by atoms with Gasteiger partial charge in [0.2, 0.25) is 5.91 Å². The number of para-hydroxylation sites is 1. The predicted molar refractivity (Wildman–Crippen MR) is 93.9 cm³/mol. The largest absolute Gasteiger partial charge is 0.356 e. The van der Waals surface area contributed by atoms with Gasteiger partial charge in [0.15, 0.2) is 10.7 Å². The quantitative estimate of drug-likeness (QED) is 0.609. The second-order valence-electron chi connectivity index (χ2n) is 5.25. The molecule has 2 aromatic carbocycles. The lowest BCUT2D eigenvalue weighted by Crippen LogP contribution is -2.14. The van der Waals surface area contributed by atoms with E-state index in [0.29, 0.717) is 16.4 Å². The van der Waals surface area contributed by atoms with E-state index in [1.807, 2.05) is 60.0 Å². The van der Waals surface area contributed by atoms with Gasteiger partial charge in [0, 0.05) is 16.3 Å². The standard InChI is InChI=1S/C18H13N3O2S/c22-17(10-14-13-8-4-5-9-16(13)23-21-14)20-18-19-15(11-24-18)12-6-2-1-3-7-12/h1-9,11H,10H2,(H,19,20,22). The Kier molecular flexibility index (Phi) is 3.80. The highest BCUT2D eigenvalue weighted by Crippen LogP contribution is 2.25. The van der Waals surface area contributed by atoms with Gasteiger partial charge < -0.3 is 9.84 Å². The van der Waals surface area contributed by atoms with Gasteiger partial charge in [0.25, 0.3) is 0 Å². The number of aromatic nitrogens is 2. The summed E-state index contributed by atoms with van der Waals surface area (Å²) in [7, 11) is 0. The molecule has 0 unspecified atom stereocenters. The third-order valence-electron chi connectivity index (χ3n) is 3.60. The summed E-state index contributed by atoms with van der Waals surface area (Å²) >= 11 is 1.40. The normalized spacial score (nSPS) is 10.8. The molecule has 0 atom stereocenters. The number of thiazole rings is 1. The van der Waals surface area contributed by atoms with Gasteiger partial charge in [0.1, 0.15) is 5.69 Å². The summed E-state index contributed by atoms with van der Waals surface area (Å²) in [5, 5.41) is 10.2. The van der Waals surface area contributed by atoms with Crippen molar-refractivity contribution in [3.63, 3.8) is 0 Å². The second kappa shape index (κ2) is 6.25. The molecule has 0 saturated heterocycles. The number of rotatable bonds is 4. The summed E-state index contributed by atoms with van der Waals surface area (Å²) in [6.45, 7) is 0. The van der Waals surface area contributed by atoms with E-state index in [0.717, 1.165) is 16.6 Å². The molecule has 1 N–H and O–H groups in total.